The number of nitrogens with zero attached hydrogens (tertiary/aromatic N) is 2. The average molecular weight is 560 g/mol. The summed E-state index contributed by atoms with van der Waals surface area (Å²) in [6.07, 6.45) is -0.860. The molecule has 0 aliphatic heterocycles. The van der Waals surface area contributed by atoms with Crippen molar-refractivity contribution in [2.75, 3.05) is 5.32 Å². The summed E-state index contributed by atoms with van der Waals surface area (Å²) in [5, 5.41) is 11.8. The Bertz CT molecular complexity index is 1800. The van der Waals surface area contributed by atoms with Gasteiger partial charge in [-0.05, 0) is 56.7 Å². The van der Waals surface area contributed by atoms with Gasteiger partial charge in [0.05, 0.1) is 33.5 Å². The average Bonchev–Trinajstić information content (AvgIpc) is 2.99. The number of hydrogen-bond acceptors (Lipinski definition) is 6. The van der Waals surface area contributed by atoms with Crippen molar-refractivity contribution in [2.24, 2.45) is 0 Å². The van der Waals surface area contributed by atoms with Gasteiger partial charge in [-0.25, -0.2) is 19.6 Å². The lowest BCUT2D eigenvalue weighted by molar-refractivity contribution is -0.124. The normalized spacial score (nSPS) is 11.6. The first kappa shape index (κ1) is 28.2. The minimum atomic E-state index is -1.11. The second-order valence-corrected chi connectivity index (χ2v) is 10.0. The van der Waals surface area contributed by atoms with Gasteiger partial charge in [0.1, 0.15) is 0 Å². The van der Waals surface area contributed by atoms with Gasteiger partial charge in [-0.3, -0.25) is 4.79 Å². The standard InChI is InChI=1S/C34H29N3O5/c1-4-29(32(38)35-26-7-5-6-24(18-26)33(39)40)42-34(41)25-16-17-27-28(19-25)37-31(23-14-10-21(3)11-15-23)30(36-27)22-12-8-20(2)9-13-22/h5-19,29H,4H2,1-3H3,(H,35,38)(H,39,40). The first-order chi connectivity index (χ1) is 20.2. The number of benzene rings is 4. The first-order valence-corrected chi connectivity index (χ1v) is 13.5. The topological polar surface area (TPSA) is 118 Å². The Morgan fingerprint density at radius 2 is 1.36 bits per heavy atom. The molecule has 42 heavy (non-hydrogen) atoms. The number of ether oxygens (including phenoxy) is 1. The van der Waals surface area contributed by atoms with E-state index in [1.807, 2.05) is 62.4 Å². The summed E-state index contributed by atoms with van der Waals surface area (Å²) >= 11 is 0. The number of rotatable bonds is 8. The minimum absolute atomic E-state index is 0.0330. The molecule has 1 amide bonds. The second kappa shape index (κ2) is 12.0. The maximum absolute atomic E-state index is 13.1. The molecule has 0 aliphatic rings. The number of esters is 1. The van der Waals surface area contributed by atoms with Crippen LogP contribution in [0.25, 0.3) is 33.5 Å². The summed E-state index contributed by atoms with van der Waals surface area (Å²) in [4.78, 5) is 47.1. The Morgan fingerprint density at radius 3 is 1.93 bits per heavy atom. The van der Waals surface area contributed by atoms with Crippen molar-refractivity contribution in [3.63, 3.8) is 0 Å². The second-order valence-electron chi connectivity index (χ2n) is 10.0. The maximum Gasteiger partial charge on any atom is 0.338 e. The van der Waals surface area contributed by atoms with Crippen LogP contribution in [0.4, 0.5) is 5.69 Å². The van der Waals surface area contributed by atoms with Crippen LogP contribution >= 0.6 is 0 Å². The molecule has 5 aromatic rings. The van der Waals surface area contributed by atoms with Gasteiger partial charge >= 0.3 is 11.9 Å². The lowest BCUT2D eigenvalue weighted by Gasteiger charge is -2.17. The van der Waals surface area contributed by atoms with Crippen LogP contribution in [-0.4, -0.2) is 39.0 Å². The fourth-order valence-corrected chi connectivity index (χ4v) is 4.48. The van der Waals surface area contributed by atoms with E-state index in [0.717, 1.165) is 27.9 Å². The van der Waals surface area contributed by atoms with Gasteiger partial charge in [0, 0.05) is 16.8 Å². The SMILES string of the molecule is CCC(OC(=O)c1ccc2nc(-c3ccc(C)cc3)c(-c3ccc(C)cc3)nc2c1)C(=O)Nc1cccc(C(=O)O)c1. The molecule has 1 aromatic heterocycles. The summed E-state index contributed by atoms with van der Waals surface area (Å²) in [5.41, 5.74) is 7.19. The molecular weight excluding hydrogens is 530 g/mol. The van der Waals surface area contributed by atoms with Gasteiger partial charge in [-0.15, -0.1) is 0 Å². The molecular formula is C34H29N3O5. The Hall–Kier alpha value is -5.37. The van der Waals surface area contributed by atoms with Gasteiger partial charge in [0.15, 0.2) is 6.10 Å². The van der Waals surface area contributed by atoms with E-state index in [9.17, 15) is 19.5 Å². The van der Waals surface area contributed by atoms with Crippen molar-refractivity contribution in [1.82, 2.24) is 9.97 Å². The highest BCUT2D eigenvalue weighted by Crippen LogP contribution is 2.32. The molecule has 1 heterocycles. The van der Waals surface area contributed by atoms with Gasteiger partial charge in [-0.2, -0.15) is 0 Å². The van der Waals surface area contributed by atoms with E-state index in [0.29, 0.717) is 22.4 Å². The summed E-state index contributed by atoms with van der Waals surface area (Å²) < 4.78 is 5.56. The molecule has 0 aliphatic carbocycles. The molecule has 0 radical (unpaired) electrons. The number of carbonyl (C=O) groups is 3. The third-order valence-corrected chi connectivity index (χ3v) is 6.84. The molecule has 0 bridgehead atoms. The molecule has 8 heteroatoms. The summed E-state index contributed by atoms with van der Waals surface area (Å²) in [7, 11) is 0. The third-order valence-electron chi connectivity index (χ3n) is 6.84. The third kappa shape index (κ3) is 6.18. The molecule has 4 aromatic carbocycles. The number of hydrogen-bond donors (Lipinski definition) is 2. The van der Waals surface area contributed by atoms with E-state index >= 15 is 0 Å². The minimum Gasteiger partial charge on any atom is -0.478 e. The van der Waals surface area contributed by atoms with Crippen LogP contribution in [0.3, 0.4) is 0 Å². The molecule has 0 saturated heterocycles. The van der Waals surface area contributed by atoms with E-state index in [1.54, 1.807) is 31.2 Å². The number of carboxylic acid groups (broad SMARTS) is 1. The van der Waals surface area contributed by atoms with Crippen molar-refractivity contribution in [1.29, 1.82) is 0 Å². The monoisotopic (exact) mass is 559 g/mol. The van der Waals surface area contributed by atoms with Crippen molar-refractivity contribution < 1.29 is 24.2 Å². The number of carbonyl (C=O) groups excluding carboxylic acids is 2. The Labute approximate surface area is 243 Å². The van der Waals surface area contributed by atoms with Crippen molar-refractivity contribution in [3.8, 4) is 22.5 Å². The predicted molar refractivity (Wildman–Crippen MR) is 161 cm³/mol. The maximum atomic E-state index is 13.1. The number of carboxylic acids is 1. The Kier molecular flexibility index (Phi) is 8.06. The van der Waals surface area contributed by atoms with Crippen LogP contribution in [0.1, 0.15) is 45.2 Å². The predicted octanol–water partition coefficient (Wildman–Crippen LogP) is 6.85. The molecule has 1 atom stereocenters. The highest BCUT2D eigenvalue weighted by Gasteiger charge is 2.23. The molecule has 210 valence electrons. The highest BCUT2D eigenvalue weighted by atomic mass is 16.5. The Morgan fingerprint density at radius 1 is 0.762 bits per heavy atom. The van der Waals surface area contributed by atoms with Gasteiger partial charge in [0.25, 0.3) is 5.91 Å². The van der Waals surface area contributed by atoms with Gasteiger partial charge in [0.2, 0.25) is 0 Å². The lowest BCUT2D eigenvalue weighted by Crippen LogP contribution is -2.32. The van der Waals surface area contributed by atoms with E-state index in [-0.39, 0.29) is 17.5 Å². The van der Waals surface area contributed by atoms with Crippen LogP contribution in [-0.2, 0) is 9.53 Å². The summed E-state index contributed by atoms with van der Waals surface area (Å²) in [6, 6.07) is 26.9. The summed E-state index contributed by atoms with van der Waals surface area (Å²) in [5.74, 6) is -2.35. The zero-order valence-corrected chi connectivity index (χ0v) is 23.4. The number of fused-ring (bicyclic) bond motifs is 1. The zero-order valence-electron chi connectivity index (χ0n) is 23.4. The van der Waals surface area contributed by atoms with Crippen LogP contribution in [0.5, 0.6) is 0 Å². The van der Waals surface area contributed by atoms with Crippen LogP contribution in [0.2, 0.25) is 0 Å². The highest BCUT2D eigenvalue weighted by molar-refractivity contribution is 6.00. The number of nitrogens with one attached hydrogen (secondary N) is 1. The van der Waals surface area contributed by atoms with E-state index in [1.165, 1.54) is 18.2 Å². The fraction of sp³-hybridized carbons (Fsp3) is 0.147. The van der Waals surface area contributed by atoms with Gasteiger partial charge < -0.3 is 15.2 Å². The van der Waals surface area contributed by atoms with E-state index in [4.69, 9.17) is 14.7 Å². The molecule has 5 rings (SSSR count). The molecule has 8 nitrogen and oxygen atoms in total. The number of aromatic nitrogens is 2. The van der Waals surface area contributed by atoms with Crippen molar-refractivity contribution >= 4 is 34.6 Å². The van der Waals surface area contributed by atoms with Crippen molar-refractivity contribution in [2.45, 2.75) is 33.3 Å². The number of amides is 1. The molecule has 1 unspecified atom stereocenters. The largest absolute Gasteiger partial charge is 0.478 e. The number of anilines is 1. The fourth-order valence-electron chi connectivity index (χ4n) is 4.48. The Balaban J connectivity index is 1.44. The first-order valence-electron chi connectivity index (χ1n) is 13.5. The summed E-state index contributed by atoms with van der Waals surface area (Å²) in [6.45, 7) is 5.77. The molecule has 0 spiro atoms. The van der Waals surface area contributed by atoms with Crippen LogP contribution in [0.15, 0.2) is 91.0 Å². The smallest absolute Gasteiger partial charge is 0.338 e. The quantitative estimate of drug-likeness (QED) is 0.200. The van der Waals surface area contributed by atoms with Crippen LogP contribution < -0.4 is 5.32 Å². The van der Waals surface area contributed by atoms with Crippen LogP contribution in [0, 0.1) is 13.8 Å². The van der Waals surface area contributed by atoms with E-state index in [2.05, 4.69) is 5.32 Å². The molecule has 2 N–H and O–H groups in total. The van der Waals surface area contributed by atoms with Gasteiger partial charge in [-0.1, -0.05) is 72.6 Å². The molecule has 0 saturated carbocycles. The lowest BCUT2D eigenvalue weighted by atomic mass is 10.0. The zero-order chi connectivity index (χ0) is 29.8. The van der Waals surface area contributed by atoms with E-state index < -0.39 is 23.9 Å². The molecule has 0 fully saturated rings. The number of aryl methyl sites for hydroxylation is 2. The number of aromatic carboxylic acids is 1. The van der Waals surface area contributed by atoms with Crippen molar-refractivity contribution in [3.05, 3.63) is 113 Å².